The summed E-state index contributed by atoms with van der Waals surface area (Å²) in [6, 6.07) is 6.98. The molecular formula is C28H30F3NO3. The molecule has 0 bridgehead atoms. The van der Waals surface area contributed by atoms with Crippen molar-refractivity contribution in [3.63, 3.8) is 0 Å². The van der Waals surface area contributed by atoms with Crippen molar-refractivity contribution in [1.82, 2.24) is 0 Å². The molecule has 0 spiro atoms. The first-order valence-corrected chi connectivity index (χ1v) is 10.9. The minimum Gasteiger partial charge on any atom is -0.496 e. The molecule has 2 aromatic carbocycles. The Morgan fingerprint density at radius 2 is 1.63 bits per heavy atom. The zero-order valence-electron chi connectivity index (χ0n) is 20.7. The Bertz CT molecular complexity index is 1170. The normalized spacial score (nSPS) is 12.9. The van der Waals surface area contributed by atoms with Crippen molar-refractivity contribution >= 4 is 17.7 Å². The van der Waals surface area contributed by atoms with E-state index in [2.05, 4.69) is 30.0 Å². The summed E-state index contributed by atoms with van der Waals surface area (Å²) in [6.07, 6.45) is 6.34. The summed E-state index contributed by atoms with van der Waals surface area (Å²) in [7, 11) is 1.67. The summed E-state index contributed by atoms with van der Waals surface area (Å²) in [5, 5.41) is 2.60. The van der Waals surface area contributed by atoms with Gasteiger partial charge in [0, 0.05) is 11.8 Å². The number of benzene rings is 2. The third kappa shape index (κ3) is 8.85. The number of amides is 1. The number of methoxy groups -OCH3 is 1. The number of allylic oxidation sites excluding steroid dienone is 6. The number of halogens is 3. The highest BCUT2D eigenvalue weighted by Crippen LogP contribution is 2.28. The van der Waals surface area contributed by atoms with Gasteiger partial charge in [-0.3, -0.25) is 4.79 Å². The van der Waals surface area contributed by atoms with Crippen molar-refractivity contribution < 1.29 is 27.4 Å². The molecule has 1 amide bonds. The van der Waals surface area contributed by atoms with Crippen molar-refractivity contribution in [1.29, 1.82) is 0 Å². The Morgan fingerprint density at radius 1 is 0.971 bits per heavy atom. The van der Waals surface area contributed by atoms with Gasteiger partial charge in [-0.2, -0.15) is 0 Å². The highest BCUT2D eigenvalue weighted by atomic mass is 19.4. The first kappa shape index (κ1) is 27.5. The maximum atomic E-state index is 12.2. The second kappa shape index (κ2) is 12.1. The van der Waals surface area contributed by atoms with Crippen LogP contribution >= 0.6 is 0 Å². The van der Waals surface area contributed by atoms with Crippen LogP contribution in [0.5, 0.6) is 11.5 Å². The van der Waals surface area contributed by atoms with Gasteiger partial charge in [-0.25, -0.2) is 0 Å². The second-order valence-electron chi connectivity index (χ2n) is 8.11. The molecule has 2 rings (SSSR count). The van der Waals surface area contributed by atoms with Gasteiger partial charge >= 0.3 is 6.36 Å². The largest absolute Gasteiger partial charge is 0.573 e. The number of rotatable bonds is 8. The third-order valence-electron chi connectivity index (χ3n) is 5.27. The number of anilines is 1. The molecule has 0 saturated heterocycles. The summed E-state index contributed by atoms with van der Waals surface area (Å²) >= 11 is 0. The number of carbonyl (C=O) groups is 1. The number of hydrogen-bond acceptors (Lipinski definition) is 3. The zero-order chi connectivity index (χ0) is 26.2. The van der Waals surface area contributed by atoms with Crippen molar-refractivity contribution in [3.05, 3.63) is 94.1 Å². The van der Waals surface area contributed by atoms with Gasteiger partial charge < -0.3 is 14.8 Å². The minimum absolute atomic E-state index is 0.353. The topological polar surface area (TPSA) is 47.6 Å². The summed E-state index contributed by atoms with van der Waals surface area (Å²) in [5.74, 6) is 0.137. The van der Waals surface area contributed by atoms with E-state index in [-0.39, 0.29) is 5.75 Å². The van der Waals surface area contributed by atoms with E-state index in [9.17, 15) is 18.0 Å². The van der Waals surface area contributed by atoms with Crippen molar-refractivity contribution in [2.24, 2.45) is 0 Å². The standard InChI is InChI=1S/C28H30F3NO3/c1-18(10-15-25-20(3)17-26(34-6)22(5)21(25)4)8-7-9-19(2)16-27(33)32-23-11-13-24(14-12-23)35-28(29,30)31/h7-17H,1-6H3,(H,32,33)/b9-7+,15-10?,18-8+,19-16+. The number of nitrogens with one attached hydrogen (secondary N) is 1. The number of hydrogen-bond donors (Lipinski definition) is 1. The van der Waals surface area contributed by atoms with E-state index in [4.69, 9.17) is 4.74 Å². The molecule has 0 unspecified atom stereocenters. The first-order chi connectivity index (χ1) is 16.4. The van der Waals surface area contributed by atoms with E-state index < -0.39 is 12.3 Å². The summed E-state index contributed by atoms with van der Waals surface area (Å²) in [4.78, 5) is 12.2. The maximum absolute atomic E-state index is 12.2. The number of aryl methyl sites for hydroxylation is 1. The summed E-state index contributed by atoms with van der Waals surface area (Å²) in [6.45, 7) is 9.94. The van der Waals surface area contributed by atoms with E-state index in [1.807, 2.05) is 38.1 Å². The van der Waals surface area contributed by atoms with Gasteiger partial charge in [0.25, 0.3) is 0 Å². The lowest BCUT2D eigenvalue weighted by Crippen LogP contribution is -2.17. The zero-order valence-corrected chi connectivity index (χ0v) is 20.7. The van der Waals surface area contributed by atoms with Crippen LogP contribution in [0.1, 0.15) is 36.1 Å². The predicted molar refractivity (Wildman–Crippen MR) is 135 cm³/mol. The first-order valence-electron chi connectivity index (χ1n) is 10.9. The minimum atomic E-state index is -4.76. The lowest BCUT2D eigenvalue weighted by molar-refractivity contribution is -0.274. The SMILES string of the molecule is COc1cc(C)c(C=C/C(C)=C/C=C/C(C)=C/C(=O)Nc2ccc(OC(F)(F)F)cc2)c(C)c1C. The van der Waals surface area contributed by atoms with Crippen molar-refractivity contribution in [2.45, 2.75) is 41.0 Å². The van der Waals surface area contributed by atoms with Crippen LogP contribution in [0, 0.1) is 20.8 Å². The van der Waals surface area contributed by atoms with E-state index in [0.717, 1.165) is 40.1 Å². The molecule has 1 N–H and O–H groups in total. The molecule has 35 heavy (non-hydrogen) atoms. The van der Waals surface area contributed by atoms with Crippen LogP contribution in [0.15, 0.2) is 71.9 Å². The van der Waals surface area contributed by atoms with Crippen molar-refractivity contribution in [2.75, 3.05) is 12.4 Å². The fourth-order valence-electron chi connectivity index (χ4n) is 3.33. The molecule has 0 fully saturated rings. The summed E-state index contributed by atoms with van der Waals surface area (Å²) < 4.78 is 45.9. The molecule has 7 heteroatoms. The molecule has 0 aliphatic rings. The fourth-order valence-corrected chi connectivity index (χ4v) is 3.33. The Hall–Kier alpha value is -3.74. The monoisotopic (exact) mass is 485 g/mol. The molecule has 186 valence electrons. The molecular weight excluding hydrogens is 455 g/mol. The van der Waals surface area contributed by atoms with Gasteiger partial charge in [-0.05, 0) is 92.8 Å². The van der Waals surface area contributed by atoms with Crippen LogP contribution in [0.2, 0.25) is 0 Å². The van der Waals surface area contributed by atoms with Gasteiger partial charge in [-0.15, -0.1) is 13.2 Å². The van der Waals surface area contributed by atoms with E-state index in [0.29, 0.717) is 11.3 Å². The van der Waals surface area contributed by atoms with Crippen LogP contribution in [-0.2, 0) is 4.79 Å². The second-order valence-corrected chi connectivity index (χ2v) is 8.11. The number of ether oxygens (including phenoxy) is 2. The van der Waals surface area contributed by atoms with Crippen LogP contribution in [0.3, 0.4) is 0 Å². The summed E-state index contributed by atoms with van der Waals surface area (Å²) in [5.41, 5.74) is 6.69. The molecule has 0 aliphatic heterocycles. The average Bonchev–Trinajstić information content (AvgIpc) is 2.76. The highest BCUT2D eigenvalue weighted by molar-refractivity contribution is 6.00. The molecule has 0 aromatic heterocycles. The van der Waals surface area contributed by atoms with E-state index in [1.54, 1.807) is 20.1 Å². The molecule has 2 aromatic rings. The lowest BCUT2D eigenvalue weighted by atomic mass is 9.96. The van der Waals surface area contributed by atoms with Crippen LogP contribution in [-0.4, -0.2) is 19.4 Å². The quantitative estimate of drug-likeness (QED) is 0.309. The van der Waals surface area contributed by atoms with Gasteiger partial charge in [0.2, 0.25) is 5.91 Å². The molecule has 0 radical (unpaired) electrons. The van der Waals surface area contributed by atoms with Crippen molar-refractivity contribution in [3.8, 4) is 11.5 Å². The highest BCUT2D eigenvalue weighted by Gasteiger charge is 2.30. The van der Waals surface area contributed by atoms with Gasteiger partial charge in [0.1, 0.15) is 11.5 Å². The van der Waals surface area contributed by atoms with Gasteiger partial charge in [0.15, 0.2) is 0 Å². The molecule has 0 atom stereocenters. The smallest absolute Gasteiger partial charge is 0.496 e. The average molecular weight is 486 g/mol. The number of carbonyl (C=O) groups excluding carboxylic acids is 1. The molecule has 4 nitrogen and oxygen atoms in total. The Balaban J connectivity index is 1.98. The fraction of sp³-hybridized carbons (Fsp3) is 0.250. The Labute approximate surface area is 204 Å². The Kier molecular flexibility index (Phi) is 9.51. The molecule has 0 heterocycles. The van der Waals surface area contributed by atoms with E-state index >= 15 is 0 Å². The molecule has 0 saturated carbocycles. The van der Waals surface area contributed by atoms with Crippen LogP contribution in [0.4, 0.5) is 18.9 Å². The maximum Gasteiger partial charge on any atom is 0.573 e. The molecule has 0 aliphatic carbocycles. The Morgan fingerprint density at radius 3 is 2.23 bits per heavy atom. The van der Waals surface area contributed by atoms with Crippen LogP contribution in [0.25, 0.3) is 6.08 Å². The number of alkyl halides is 3. The van der Waals surface area contributed by atoms with E-state index in [1.165, 1.54) is 23.8 Å². The van der Waals surface area contributed by atoms with Gasteiger partial charge in [-0.1, -0.05) is 36.0 Å². The van der Waals surface area contributed by atoms with Crippen LogP contribution < -0.4 is 14.8 Å². The lowest BCUT2D eigenvalue weighted by Gasteiger charge is -2.13. The van der Waals surface area contributed by atoms with Gasteiger partial charge in [0.05, 0.1) is 7.11 Å². The third-order valence-corrected chi connectivity index (χ3v) is 5.27. The predicted octanol–water partition coefficient (Wildman–Crippen LogP) is 7.62.